The van der Waals surface area contributed by atoms with E-state index in [2.05, 4.69) is 300 Å². The van der Waals surface area contributed by atoms with Crippen molar-refractivity contribution in [1.82, 2.24) is 0 Å². The second kappa shape index (κ2) is 18.7. The molecule has 2 heterocycles. The van der Waals surface area contributed by atoms with Crippen molar-refractivity contribution in [2.75, 3.05) is 9.80 Å². The van der Waals surface area contributed by atoms with Gasteiger partial charge in [0, 0.05) is 44.7 Å². The van der Waals surface area contributed by atoms with E-state index in [1.165, 1.54) is 127 Å². The third kappa shape index (κ3) is 7.21. The normalized spacial score (nSPS) is 16.1. The van der Waals surface area contributed by atoms with Crippen LogP contribution in [0.4, 0.5) is 22.7 Å². The van der Waals surface area contributed by atoms with Crippen LogP contribution in [0.5, 0.6) is 0 Å². The Morgan fingerprint density at radius 2 is 0.951 bits per heavy atom. The molecule has 3 aliphatic rings. The zero-order valence-corrected chi connectivity index (χ0v) is 46.9. The van der Waals surface area contributed by atoms with E-state index in [0.29, 0.717) is 0 Å². The Kier molecular flexibility index (Phi) is 11.5. The molecular formula is C79H62N2. The molecule has 2 aliphatic heterocycles. The van der Waals surface area contributed by atoms with Crippen LogP contribution >= 0.6 is 0 Å². The van der Waals surface area contributed by atoms with Crippen molar-refractivity contribution in [3.05, 3.63) is 310 Å². The summed E-state index contributed by atoms with van der Waals surface area (Å²) in [5, 5.41) is 10.1. The topological polar surface area (TPSA) is 6.48 Å². The predicted molar refractivity (Wildman–Crippen MR) is 346 cm³/mol. The SMILES string of the molecule is C#CC=CC1=C(C)N(c2ccc3c4cccc5c(C=Cc6ccc7c(c6)C(c6ccccc6)(c6ccccc6)c6cc(N8C(C)=C(C=CC=C)C(C)(C)c9ccccc98)ccc6-7)ccc(c6cccc2c63)c54)c2ccccc2C1(C)C. The van der Waals surface area contributed by atoms with Crippen molar-refractivity contribution in [2.45, 2.75) is 57.8 Å². The maximum absolute atomic E-state index is 5.82. The summed E-state index contributed by atoms with van der Waals surface area (Å²) >= 11 is 0. The van der Waals surface area contributed by atoms with E-state index in [1.807, 2.05) is 12.2 Å². The number of rotatable bonds is 9. The fraction of sp³-hybridized carbons (Fsp3) is 0.114. The third-order valence-electron chi connectivity index (χ3n) is 18.4. The molecule has 0 aromatic heterocycles. The summed E-state index contributed by atoms with van der Waals surface area (Å²) in [4.78, 5) is 4.93. The van der Waals surface area contributed by atoms with Crippen molar-refractivity contribution < 1.29 is 0 Å². The number of nitrogens with zero attached hydrogens (tertiary/aromatic N) is 2. The van der Waals surface area contributed by atoms with Gasteiger partial charge in [0.25, 0.3) is 0 Å². The van der Waals surface area contributed by atoms with E-state index >= 15 is 0 Å². The first kappa shape index (κ1) is 49.6. The van der Waals surface area contributed by atoms with E-state index in [-0.39, 0.29) is 10.8 Å². The molecule has 0 fully saturated rings. The lowest BCUT2D eigenvalue weighted by Crippen LogP contribution is -2.33. The minimum absolute atomic E-state index is 0.203. The summed E-state index contributed by atoms with van der Waals surface area (Å²) in [7, 11) is 0. The van der Waals surface area contributed by atoms with Gasteiger partial charge >= 0.3 is 0 Å². The molecule has 0 spiro atoms. The molecule has 14 rings (SSSR count). The molecule has 0 bridgehead atoms. The predicted octanol–water partition coefficient (Wildman–Crippen LogP) is 20.6. The highest BCUT2D eigenvalue weighted by atomic mass is 15.2. The Labute approximate surface area is 476 Å². The Morgan fingerprint density at radius 3 is 1.59 bits per heavy atom. The highest BCUT2D eigenvalue weighted by molar-refractivity contribution is 6.34. The van der Waals surface area contributed by atoms with Gasteiger partial charge in [0.1, 0.15) is 0 Å². The van der Waals surface area contributed by atoms with Crippen LogP contribution in [0.2, 0.25) is 0 Å². The van der Waals surface area contributed by atoms with Crippen LogP contribution in [-0.2, 0) is 16.2 Å². The van der Waals surface area contributed by atoms with Crippen LogP contribution in [0, 0.1) is 12.3 Å². The highest BCUT2D eigenvalue weighted by Crippen LogP contribution is 2.59. The van der Waals surface area contributed by atoms with E-state index in [0.717, 1.165) is 16.9 Å². The standard InChI is InChI=1S/C79H62N2/c1-9-11-33-66-51(3)80(73-37-21-19-35-68(73)77(66,5)6)57-43-46-60-59-44-40-53(49-70(59)79(71(60)50-57,55-25-15-13-16-26-55)56-27-17-14-18-28-56)39-41-54-42-45-63-62-31-24-32-65-72(48-47-64(76(62)65)61-30-23-29-58(54)75(61)63)81-52(4)67(34-12-10-2)78(7,8)69-36-20-22-38-74(69)81/h2,9,11-50H,1H2,3-8H3. The maximum atomic E-state index is 5.82. The van der Waals surface area contributed by atoms with E-state index in [9.17, 15) is 0 Å². The average Bonchev–Trinajstić information content (AvgIpc) is 4.08. The van der Waals surface area contributed by atoms with Crippen LogP contribution in [0.15, 0.2) is 266 Å². The van der Waals surface area contributed by atoms with Crippen molar-refractivity contribution >= 4 is 78.0 Å². The largest absolute Gasteiger partial charge is 0.314 e. The summed E-state index contributed by atoms with van der Waals surface area (Å²) in [6, 6.07) is 77.4. The second-order valence-electron chi connectivity index (χ2n) is 23.2. The van der Waals surface area contributed by atoms with Gasteiger partial charge in [-0.1, -0.05) is 240 Å². The minimum Gasteiger partial charge on any atom is -0.314 e. The first-order chi connectivity index (χ1) is 39.5. The van der Waals surface area contributed by atoms with Gasteiger partial charge < -0.3 is 9.80 Å². The van der Waals surface area contributed by atoms with Gasteiger partial charge in [0.15, 0.2) is 0 Å². The molecular weight excluding hydrogens is 977 g/mol. The Morgan fingerprint density at radius 1 is 0.432 bits per heavy atom. The van der Waals surface area contributed by atoms with Crippen LogP contribution in [-0.4, -0.2) is 0 Å². The number of para-hydroxylation sites is 2. The number of allylic oxidation sites excluding steroid dienone is 9. The van der Waals surface area contributed by atoms with Crippen molar-refractivity contribution in [3.8, 4) is 23.5 Å². The zero-order chi connectivity index (χ0) is 55.4. The summed E-state index contributed by atoms with van der Waals surface area (Å²) < 4.78 is 0. The molecule has 0 saturated carbocycles. The molecule has 0 amide bonds. The van der Waals surface area contributed by atoms with Crippen LogP contribution < -0.4 is 9.80 Å². The number of hydrogen-bond donors (Lipinski definition) is 0. The quantitative estimate of drug-likeness (QED) is 0.0467. The summed E-state index contributed by atoms with van der Waals surface area (Å²) in [6.45, 7) is 17.8. The lowest BCUT2D eigenvalue weighted by Gasteiger charge is -2.42. The number of hydrogen-bond acceptors (Lipinski definition) is 2. The summed E-state index contributed by atoms with van der Waals surface area (Å²) in [5.41, 5.74) is 21.0. The second-order valence-corrected chi connectivity index (χ2v) is 23.2. The van der Waals surface area contributed by atoms with Gasteiger partial charge in [-0.25, -0.2) is 0 Å². The molecule has 0 atom stereocenters. The molecule has 1 aliphatic carbocycles. The van der Waals surface area contributed by atoms with Crippen LogP contribution in [0.1, 0.15) is 86.1 Å². The minimum atomic E-state index is -0.608. The molecule has 11 aromatic rings. The number of benzene rings is 11. The summed E-state index contributed by atoms with van der Waals surface area (Å²) in [5.74, 6) is 2.75. The van der Waals surface area contributed by atoms with Crippen LogP contribution in [0.25, 0.3) is 66.4 Å². The van der Waals surface area contributed by atoms with Gasteiger partial charge in [-0.15, -0.1) is 6.42 Å². The average molecular weight is 1040 g/mol. The van der Waals surface area contributed by atoms with Gasteiger partial charge in [0.05, 0.1) is 11.1 Å². The number of anilines is 4. The van der Waals surface area contributed by atoms with E-state index in [4.69, 9.17) is 6.42 Å². The van der Waals surface area contributed by atoms with E-state index < -0.39 is 5.41 Å². The van der Waals surface area contributed by atoms with Gasteiger partial charge in [-0.05, 0) is 167 Å². The molecule has 81 heavy (non-hydrogen) atoms. The van der Waals surface area contributed by atoms with Gasteiger partial charge in [0.2, 0.25) is 0 Å². The lowest BCUT2D eigenvalue weighted by molar-refractivity contribution is 0.617. The number of terminal acetylenes is 1. The molecule has 11 aromatic carbocycles. The fourth-order valence-corrected chi connectivity index (χ4v) is 14.8. The summed E-state index contributed by atoms with van der Waals surface area (Å²) in [6.07, 6.45) is 20.6. The first-order valence-corrected chi connectivity index (χ1v) is 28.3. The molecule has 2 heteroatoms. The molecule has 0 N–H and O–H groups in total. The molecule has 0 radical (unpaired) electrons. The van der Waals surface area contributed by atoms with Crippen molar-refractivity contribution in [3.63, 3.8) is 0 Å². The number of fused-ring (bicyclic) bond motifs is 7. The van der Waals surface area contributed by atoms with E-state index in [1.54, 1.807) is 0 Å². The lowest BCUT2D eigenvalue weighted by atomic mass is 9.67. The molecule has 388 valence electrons. The van der Waals surface area contributed by atoms with Crippen molar-refractivity contribution in [1.29, 1.82) is 0 Å². The molecule has 2 nitrogen and oxygen atoms in total. The van der Waals surface area contributed by atoms with Crippen molar-refractivity contribution in [2.24, 2.45) is 0 Å². The Hall–Kier alpha value is -9.68. The monoisotopic (exact) mass is 1040 g/mol. The molecule has 0 unspecified atom stereocenters. The maximum Gasteiger partial charge on any atom is 0.0714 e. The van der Waals surface area contributed by atoms with Gasteiger partial charge in [-0.3, -0.25) is 0 Å². The van der Waals surface area contributed by atoms with Crippen LogP contribution in [0.3, 0.4) is 0 Å². The smallest absolute Gasteiger partial charge is 0.0714 e. The zero-order valence-electron chi connectivity index (χ0n) is 46.9. The Balaban J connectivity index is 0.909. The first-order valence-electron chi connectivity index (χ1n) is 28.3. The molecule has 0 saturated heterocycles. The Bertz CT molecular complexity index is 4560. The third-order valence-corrected chi connectivity index (χ3v) is 18.4. The fourth-order valence-electron chi connectivity index (χ4n) is 14.8. The van der Waals surface area contributed by atoms with Gasteiger partial charge in [-0.2, -0.15) is 0 Å². The highest BCUT2D eigenvalue weighted by Gasteiger charge is 2.47.